The summed E-state index contributed by atoms with van der Waals surface area (Å²) in [7, 11) is 0. The number of aromatic nitrogens is 3. The Labute approximate surface area is 142 Å². The summed E-state index contributed by atoms with van der Waals surface area (Å²) in [5.41, 5.74) is 0. The van der Waals surface area contributed by atoms with Gasteiger partial charge < -0.3 is 9.88 Å². The molecule has 0 bridgehead atoms. The van der Waals surface area contributed by atoms with Crippen LogP contribution in [0, 0.1) is 0 Å². The first-order chi connectivity index (χ1) is 11.1. The molecule has 1 atom stereocenters. The number of amides is 3. The number of carbonyl (C=O) groups excluding carboxylic acids is 2. The number of hydrogen-bond donors (Lipinski definition) is 2. The van der Waals surface area contributed by atoms with Crippen LogP contribution in [0.2, 0.25) is 0 Å². The van der Waals surface area contributed by atoms with E-state index in [1.54, 1.807) is 25.2 Å². The molecule has 2 N–H and O–H groups in total. The summed E-state index contributed by atoms with van der Waals surface area (Å²) in [6.45, 7) is 6.70. The molecule has 9 heteroatoms. The van der Waals surface area contributed by atoms with Crippen LogP contribution < -0.4 is 10.6 Å². The van der Waals surface area contributed by atoms with Crippen molar-refractivity contribution in [2.75, 3.05) is 6.54 Å². The number of thiophene rings is 1. The highest BCUT2D eigenvalue weighted by molar-refractivity contribution is 8.00. The molecular formula is C14H19N5O2S2. The van der Waals surface area contributed by atoms with Gasteiger partial charge in [0.05, 0.1) is 10.1 Å². The van der Waals surface area contributed by atoms with Gasteiger partial charge in [0.2, 0.25) is 5.91 Å². The molecule has 1 unspecified atom stereocenters. The van der Waals surface area contributed by atoms with Gasteiger partial charge in [0, 0.05) is 13.1 Å². The zero-order valence-corrected chi connectivity index (χ0v) is 14.8. The van der Waals surface area contributed by atoms with E-state index in [4.69, 9.17) is 0 Å². The molecule has 0 fully saturated rings. The van der Waals surface area contributed by atoms with Gasteiger partial charge in [0.25, 0.3) is 0 Å². The molecule has 124 valence electrons. The van der Waals surface area contributed by atoms with E-state index in [-0.39, 0.29) is 5.91 Å². The zero-order valence-electron chi connectivity index (χ0n) is 13.2. The molecule has 0 aliphatic heterocycles. The van der Waals surface area contributed by atoms with Crippen molar-refractivity contribution >= 4 is 35.0 Å². The van der Waals surface area contributed by atoms with Gasteiger partial charge in [-0.2, -0.15) is 0 Å². The lowest BCUT2D eigenvalue weighted by atomic mass is 10.4. The average Bonchev–Trinajstić information content (AvgIpc) is 3.15. The van der Waals surface area contributed by atoms with Crippen LogP contribution in [0.1, 0.15) is 20.8 Å². The standard InChI is InChI=1S/C14H19N5O2S2/c1-4-15-13(21)16-12(20)9(3)23-14-18-17-11(19(14)5-2)10-7-6-8-22-10/h6-9H,4-5H2,1-3H3,(H2,15,16,20,21). The Kier molecular flexibility index (Phi) is 6.17. The topological polar surface area (TPSA) is 88.9 Å². The van der Waals surface area contributed by atoms with E-state index in [1.165, 1.54) is 11.8 Å². The summed E-state index contributed by atoms with van der Waals surface area (Å²) in [5.74, 6) is 0.436. The third kappa shape index (κ3) is 4.32. The van der Waals surface area contributed by atoms with Gasteiger partial charge >= 0.3 is 6.03 Å². The molecular weight excluding hydrogens is 334 g/mol. The van der Waals surface area contributed by atoms with Crippen molar-refractivity contribution < 1.29 is 9.59 Å². The smallest absolute Gasteiger partial charge is 0.321 e. The van der Waals surface area contributed by atoms with E-state index in [0.717, 1.165) is 10.7 Å². The van der Waals surface area contributed by atoms with Crippen molar-refractivity contribution in [2.24, 2.45) is 0 Å². The first kappa shape index (κ1) is 17.5. The molecule has 0 saturated heterocycles. The Morgan fingerprint density at radius 2 is 2.17 bits per heavy atom. The van der Waals surface area contributed by atoms with Crippen LogP contribution in [-0.2, 0) is 11.3 Å². The number of thioether (sulfide) groups is 1. The van der Waals surface area contributed by atoms with Crippen molar-refractivity contribution in [3.63, 3.8) is 0 Å². The summed E-state index contributed by atoms with van der Waals surface area (Å²) >= 11 is 2.88. The fourth-order valence-corrected chi connectivity index (χ4v) is 3.51. The van der Waals surface area contributed by atoms with E-state index >= 15 is 0 Å². The Morgan fingerprint density at radius 3 is 2.78 bits per heavy atom. The minimum atomic E-state index is -0.485. The molecule has 7 nitrogen and oxygen atoms in total. The van der Waals surface area contributed by atoms with Crippen LogP contribution in [0.4, 0.5) is 4.79 Å². The molecule has 0 spiro atoms. The van der Waals surface area contributed by atoms with Crippen molar-refractivity contribution in [3.05, 3.63) is 17.5 Å². The number of rotatable bonds is 6. The van der Waals surface area contributed by atoms with Crippen molar-refractivity contribution in [3.8, 4) is 10.7 Å². The summed E-state index contributed by atoms with van der Waals surface area (Å²) in [4.78, 5) is 24.5. The second-order valence-electron chi connectivity index (χ2n) is 4.64. The maximum absolute atomic E-state index is 12.0. The van der Waals surface area contributed by atoms with Crippen molar-refractivity contribution in [1.82, 2.24) is 25.4 Å². The monoisotopic (exact) mass is 353 g/mol. The summed E-state index contributed by atoms with van der Waals surface area (Å²) < 4.78 is 1.96. The van der Waals surface area contributed by atoms with Crippen LogP contribution in [0.5, 0.6) is 0 Å². The summed E-state index contributed by atoms with van der Waals surface area (Å²) in [6.07, 6.45) is 0. The van der Waals surface area contributed by atoms with Crippen LogP contribution in [0.15, 0.2) is 22.7 Å². The van der Waals surface area contributed by atoms with Gasteiger partial charge in [-0.25, -0.2) is 4.79 Å². The Balaban J connectivity index is 2.08. The van der Waals surface area contributed by atoms with Gasteiger partial charge in [-0.05, 0) is 32.2 Å². The first-order valence-electron chi connectivity index (χ1n) is 7.29. The van der Waals surface area contributed by atoms with Gasteiger partial charge in [0.15, 0.2) is 11.0 Å². The summed E-state index contributed by atoms with van der Waals surface area (Å²) in [5, 5.41) is 15.4. The molecule has 0 aliphatic rings. The molecule has 2 rings (SSSR count). The van der Waals surface area contributed by atoms with Crippen LogP contribution >= 0.6 is 23.1 Å². The number of hydrogen-bond acceptors (Lipinski definition) is 6. The molecule has 23 heavy (non-hydrogen) atoms. The first-order valence-corrected chi connectivity index (χ1v) is 9.05. The van der Waals surface area contributed by atoms with Crippen molar-refractivity contribution in [2.45, 2.75) is 37.7 Å². The highest BCUT2D eigenvalue weighted by Crippen LogP contribution is 2.28. The number of carbonyl (C=O) groups is 2. The lowest BCUT2D eigenvalue weighted by Crippen LogP contribution is -2.42. The predicted octanol–water partition coefficient (Wildman–Crippen LogP) is 2.35. The van der Waals surface area contributed by atoms with Gasteiger partial charge in [-0.15, -0.1) is 21.5 Å². The molecule has 0 saturated carbocycles. The molecule has 0 aromatic carbocycles. The molecule has 0 radical (unpaired) electrons. The lowest BCUT2D eigenvalue weighted by Gasteiger charge is -2.12. The highest BCUT2D eigenvalue weighted by atomic mass is 32.2. The van der Waals surface area contributed by atoms with Crippen LogP contribution in [0.3, 0.4) is 0 Å². The maximum Gasteiger partial charge on any atom is 0.321 e. The van der Waals surface area contributed by atoms with Crippen LogP contribution in [0.25, 0.3) is 10.7 Å². The van der Waals surface area contributed by atoms with E-state index in [1.807, 2.05) is 29.0 Å². The number of imide groups is 1. The Bertz CT molecular complexity index is 669. The second-order valence-corrected chi connectivity index (χ2v) is 6.89. The zero-order chi connectivity index (χ0) is 16.8. The number of nitrogens with one attached hydrogen (secondary N) is 2. The third-order valence-electron chi connectivity index (χ3n) is 3.00. The van der Waals surface area contributed by atoms with Crippen LogP contribution in [-0.4, -0.2) is 38.5 Å². The van der Waals surface area contributed by atoms with Gasteiger partial charge in [-0.1, -0.05) is 17.8 Å². The molecule has 2 aromatic heterocycles. The predicted molar refractivity (Wildman–Crippen MR) is 91.5 cm³/mol. The quantitative estimate of drug-likeness (QED) is 0.778. The third-order valence-corrected chi connectivity index (χ3v) is 4.95. The van der Waals surface area contributed by atoms with Gasteiger partial charge in [0.1, 0.15) is 0 Å². The van der Waals surface area contributed by atoms with E-state index in [0.29, 0.717) is 18.2 Å². The molecule has 2 aromatic rings. The highest BCUT2D eigenvalue weighted by Gasteiger charge is 2.21. The van der Waals surface area contributed by atoms with E-state index < -0.39 is 11.3 Å². The Hall–Kier alpha value is -1.87. The van der Waals surface area contributed by atoms with Crippen molar-refractivity contribution in [1.29, 1.82) is 0 Å². The fourth-order valence-electron chi connectivity index (χ4n) is 1.88. The normalized spacial score (nSPS) is 12.0. The minimum Gasteiger partial charge on any atom is -0.338 e. The molecule has 2 heterocycles. The Morgan fingerprint density at radius 1 is 1.39 bits per heavy atom. The SMILES string of the molecule is CCNC(=O)NC(=O)C(C)Sc1nnc(-c2cccs2)n1CC. The molecule has 0 aliphatic carbocycles. The fraction of sp³-hybridized carbons (Fsp3) is 0.429. The minimum absolute atomic E-state index is 0.357. The maximum atomic E-state index is 12.0. The number of urea groups is 1. The largest absolute Gasteiger partial charge is 0.338 e. The second kappa shape index (κ2) is 8.11. The van der Waals surface area contributed by atoms with E-state index in [2.05, 4.69) is 20.8 Å². The van der Waals surface area contributed by atoms with Gasteiger partial charge in [-0.3, -0.25) is 10.1 Å². The summed E-state index contributed by atoms with van der Waals surface area (Å²) in [6, 6.07) is 3.46. The number of nitrogens with zero attached hydrogens (tertiary/aromatic N) is 3. The molecule has 3 amide bonds. The lowest BCUT2D eigenvalue weighted by molar-refractivity contribution is -0.119. The average molecular weight is 353 g/mol. The van der Waals surface area contributed by atoms with E-state index in [9.17, 15) is 9.59 Å².